The molecular formula is C23H27N3O4S. The molecule has 2 aromatic rings. The Bertz CT molecular complexity index is 1050. The summed E-state index contributed by atoms with van der Waals surface area (Å²) in [5.74, 6) is -0.0189. The number of benzene rings is 2. The van der Waals surface area contributed by atoms with Gasteiger partial charge in [0.15, 0.2) is 0 Å². The molecule has 0 spiro atoms. The second kappa shape index (κ2) is 9.20. The van der Waals surface area contributed by atoms with Crippen LogP contribution in [0.2, 0.25) is 0 Å². The maximum absolute atomic E-state index is 13.0. The lowest BCUT2D eigenvalue weighted by Gasteiger charge is -2.33. The van der Waals surface area contributed by atoms with Crippen LogP contribution in [0.15, 0.2) is 64.6 Å². The van der Waals surface area contributed by atoms with E-state index in [-0.39, 0.29) is 16.7 Å². The Balaban J connectivity index is 1.31. The number of carbonyl (C=O) groups excluding carboxylic acids is 1. The van der Waals surface area contributed by atoms with Crippen LogP contribution >= 0.6 is 0 Å². The molecule has 31 heavy (non-hydrogen) atoms. The number of hydrogen-bond acceptors (Lipinski definition) is 5. The fraction of sp³-hybridized carbons (Fsp3) is 0.391. The smallest absolute Gasteiger partial charge is 0.266 e. The van der Waals surface area contributed by atoms with Gasteiger partial charge in [0.25, 0.3) is 5.91 Å². The third-order valence-corrected chi connectivity index (χ3v) is 7.21. The number of aryl methyl sites for hydroxylation is 1. The van der Waals surface area contributed by atoms with Gasteiger partial charge in [-0.3, -0.25) is 4.79 Å². The predicted octanol–water partition coefficient (Wildman–Crippen LogP) is 2.71. The summed E-state index contributed by atoms with van der Waals surface area (Å²) < 4.78 is 27.8. The Morgan fingerprint density at radius 1 is 1.16 bits per heavy atom. The number of likely N-dealkylation sites (tertiary alicyclic amines) is 1. The van der Waals surface area contributed by atoms with Crippen molar-refractivity contribution in [3.8, 4) is 0 Å². The van der Waals surface area contributed by atoms with Gasteiger partial charge >= 0.3 is 0 Å². The molecule has 2 unspecified atom stereocenters. The third kappa shape index (κ3) is 5.14. The number of carbonyl (C=O) groups is 1. The normalized spacial score (nSPS) is 21.5. The number of nitrogens with one attached hydrogen (secondary N) is 1. The molecule has 2 aromatic carbocycles. The highest BCUT2D eigenvalue weighted by molar-refractivity contribution is 7.89. The Hall–Kier alpha value is -2.71. The summed E-state index contributed by atoms with van der Waals surface area (Å²) in [6, 6.07) is 16.5. The topological polar surface area (TPSA) is 88.1 Å². The van der Waals surface area contributed by atoms with Crippen molar-refractivity contribution >= 4 is 21.6 Å². The van der Waals surface area contributed by atoms with Crippen molar-refractivity contribution in [3.63, 3.8) is 0 Å². The van der Waals surface area contributed by atoms with E-state index in [1.54, 1.807) is 29.2 Å². The lowest BCUT2D eigenvalue weighted by Crippen LogP contribution is -2.47. The molecule has 8 heteroatoms. The average molecular weight is 442 g/mol. The number of hydrogen-bond donors (Lipinski definition) is 1. The number of piperidine rings is 1. The van der Waals surface area contributed by atoms with Crippen LogP contribution in [-0.2, 0) is 19.7 Å². The van der Waals surface area contributed by atoms with Crippen LogP contribution in [-0.4, -0.2) is 50.7 Å². The summed E-state index contributed by atoms with van der Waals surface area (Å²) in [4.78, 5) is 20.4. The minimum atomic E-state index is -3.56. The Labute approximate surface area is 183 Å². The first-order valence-electron chi connectivity index (χ1n) is 10.6. The van der Waals surface area contributed by atoms with Gasteiger partial charge in [0.1, 0.15) is 0 Å². The van der Waals surface area contributed by atoms with E-state index in [9.17, 15) is 13.2 Å². The van der Waals surface area contributed by atoms with Crippen molar-refractivity contribution in [2.24, 2.45) is 11.1 Å². The lowest BCUT2D eigenvalue weighted by molar-refractivity contribution is -0.143. The fourth-order valence-corrected chi connectivity index (χ4v) is 5.09. The van der Waals surface area contributed by atoms with Crippen LogP contribution in [0.3, 0.4) is 0 Å². The highest BCUT2D eigenvalue weighted by atomic mass is 32.2. The van der Waals surface area contributed by atoms with Crippen LogP contribution in [0.1, 0.15) is 30.4 Å². The monoisotopic (exact) mass is 441 g/mol. The molecule has 0 aliphatic carbocycles. The summed E-state index contributed by atoms with van der Waals surface area (Å²) in [5.41, 5.74) is 2.74. The van der Waals surface area contributed by atoms with Crippen LogP contribution in [0.5, 0.6) is 0 Å². The highest BCUT2D eigenvalue weighted by Gasteiger charge is 2.34. The van der Waals surface area contributed by atoms with Gasteiger partial charge in [-0.2, -0.15) is 0 Å². The third-order valence-electron chi connectivity index (χ3n) is 5.78. The summed E-state index contributed by atoms with van der Waals surface area (Å²) in [6.45, 7) is 3.38. The number of nitrogens with zero attached hydrogens (tertiary/aromatic N) is 2. The molecule has 7 nitrogen and oxygen atoms in total. The molecule has 1 amide bonds. The van der Waals surface area contributed by atoms with E-state index in [1.807, 2.05) is 37.3 Å². The minimum absolute atomic E-state index is 0.0637. The lowest BCUT2D eigenvalue weighted by atomic mass is 9.97. The minimum Gasteiger partial charge on any atom is -0.382 e. The number of sulfonamides is 1. The number of oxime groups is 1. The summed E-state index contributed by atoms with van der Waals surface area (Å²) in [5, 5.41) is 4.11. The highest BCUT2D eigenvalue weighted by Crippen LogP contribution is 2.22. The standard InChI is InChI=1S/C23H27N3O4S/c1-17-9-11-20(12-10-17)31(28,29)24-15-18-6-5-13-26(16-18)23(27)22-14-21(25-30-22)19-7-3-2-4-8-19/h2-4,7-12,18,22,24H,5-6,13-16H2,1H3. The molecule has 0 aromatic heterocycles. The first-order valence-corrected chi connectivity index (χ1v) is 12.0. The molecule has 1 saturated heterocycles. The van der Waals surface area contributed by atoms with Crippen molar-refractivity contribution in [3.05, 3.63) is 65.7 Å². The van der Waals surface area contributed by atoms with E-state index in [1.165, 1.54) is 0 Å². The van der Waals surface area contributed by atoms with Crippen LogP contribution in [0.25, 0.3) is 0 Å². The molecule has 1 fully saturated rings. The van der Waals surface area contributed by atoms with E-state index in [0.29, 0.717) is 26.1 Å². The van der Waals surface area contributed by atoms with Gasteiger partial charge in [-0.25, -0.2) is 13.1 Å². The maximum atomic E-state index is 13.0. The Morgan fingerprint density at radius 2 is 1.90 bits per heavy atom. The quantitative estimate of drug-likeness (QED) is 0.747. The van der Waals surface area contributed by atoms with E-state index in [4.69, 9.17) is 4.84 Å². The molecule has 0 saturated carbocycles. The molecular weight excluding hydrogens is 414 g/mol. The molecule has 2 heterocycles. The van der Waals surface area contributed by atoms with Crippen LogP contribution < -0.4 is 4.72 Å². The van der Waals surface area contributed by atoms with E-state index < -0.39 is 16.1 Å². The zero-order chi connectivity index (χ0) is 21.8. The van der Waals surface area contributed by atoms with E-state index >= 15 is 0 Å². The Kier molecular flexibility index (Phi) is 6.38. The predicted molar refractivity (Wildman–Crippen MR) is 118 cm³/mol. The zero-order valence-corrected chi connectivity index (χ0v) is 18.3. The van der Waals surface area contributed by atoms with Crippen molar-refractivity contribution in [1.82, 2.24) is 9.62 Å². The Morgan fingerprint density at radius 3 is 2.65 bits per heavy atom. The van der Waals surface area contributed by atoms with Gasteiger partial charge in [-0.15, -0.1) is 0 Å². The second-order valence-corrected chi connectivity index (χ2v) is 9.93. The van der Waals surface area contributed by atoms with Gasteiger partial charge in [0.05, 0.1) is 10.6 Å². The SMILES string of the molecule is Cc1ccc(S(=O)(=O)NCC2CCCN(C(=O)C3CC(c4ccccc4)=NO3)C2)cc1. The molecule has 0 bridgehead atoms. The summed E-state index contributed by atoms with van der Waals surface area (Å²) >= 11 is 0. The summed E-state index contributed by atoms with van der Waals surface area (Å²) in [6.07, 6.45) is 1.54. The fourth-order valence-electron chi connectivity index (χ4n) is 3.97. The zero-order valence-electron chi connectivity index (χ0n) is 17.5. The molecule has 1 N–H and O–H groups in total. The van der Waals surface area contributed by atoms with Gasteiger partial charge in [0, 0.05) is 26.1 Å². The van der Waals surface area contributed by atoms with Crippen LogP contribution in [0, 0.1) is 12.8 Å². The van der Waals surface area contributed by atoms with Gasteiger partial charge in [0.2, 0.25) is 16.1 Å². The van der Waals surface area contributed by atoms with Crippen molar-refractivity contribution in [2.45, 2.75) is 37.2 Å². The van der Waals surface area contributed by atoms with Gasteiger partial charge in [-0.05, 0) is 43.4 Å². The first kappa shape index (κ1) is 21.5. The van der Waals surface area contributed by atoms with Gasteiger partial charge in [-0.1, -0.05) is 53.2 Å². The molecule has 2 aliphatic rings. The molecule has 164 valence electrons. The maximum Gasteiger partial charge on any atom is 0.266 e. The van der Waals surface area contributed by atoms with Crippen molar-refractivity contribution in [2.75, 3.05) is 19.6 Å². The van der Waals surface area contributed by atoms with Crippen molar-refractivity contribution < 1.29 is 18.0 Å². The van der Waals surface area contributed by atoms with Crippen molar-refractivity contribution in [1.29, 1.82) is 0 Å². The molecule has 2 aliphatic heterocycles. The molecule has 2 atom stereocenters. The van der Waals surface area contributed by atoms with E-state index in [0.717, 1.165) is 29.7 Å². The second-order valence-electron chi connectivity index (χ2n) is 8.16. The first-order chi connectivity index (χ1) is 14.9. The largest absolute Gasteiger partial charge is 0.382 e. The number of amides is 1. The van der Waals surface area contributed by atoms with E-state index in [2.05, 4.69) is 9.88 Å². The van der Waals surface area contributed by atoms with Crippen LogP contribution in [0.4, 0.5) is 0 Å². The molecule has 4 rings (SSSR count). The van der Waals surface area contributed by atoms with Gasteiger partial charge < -0.3 is 9.74 Å². The molecule has 0 radical (unpaired) electrons. The average Bonchev–Trinajstić information content (AvgIpc) is 3.29. The number of rotatable bonds is 6. The summed E-state index contributed by atoms with van der Waals surface area (Å²) in [7, 11) is -3.56.